The molecule has 90 heavy (non-hydrogen) atoms. The molecule has 0 aliphatic heterocycles. The summed E-state index contributed by atoms with van der Waals surface area (Å²) >= 11 is 0. The van der Waals surface area contributed by atoms with Gasteiger partial charge in [0, 0.05) is 12.8 Å². The van der Waals surface area contributed by atoms with Crippen molar-refractivity contribution in [2.45, 2.75) is 354 Å². The van der Waals surface area contributed by atoms with Crippen molar-refractivity contribution in [3.8, 4) is 0 Å². The van der Waals surface area contributed by atoms with E-state index in [9.17, 15) is 19.0 Å². The van der Waals surface area contributed by atoms with Gasteiger partial charge in [0.25, 0.3) is 7.82 Å². The van der Waals surface area contributed by atoms with Crippen LogP contribution < -0.4 is 4.89 Å². The number of carbonyl (C=O) groups is 2. The molecule has 0 saturated heterocycles. The van der Waals surface area contributed by atoms with E-state index in [4.69, 9.17) is 18.5 Å². The van der Waals surface area contributed by atoms with Crippen LogP contribution in [0.5, 0.6) is 0 Å². The Labute approximate surface area is 557 Å². The van der Waals surface area contributed by atoms with E-state index in [1.165, 1.54) is 225 Å². The minimum Gasteiger partial charge on any atom is -0.756 e. The van der Waals surface area contributed by atoms with Gasteiger partial charge in [0.1, 0.15) is 19.8 Å². The van der Waals surface area contributed by atoms with Crippen LogP contribution >= 0.6 is 7.82 Å². The van der Waals surface area contributed by atoms with Crippen LogP contribution in [0.2, 0.25) is 0 Å². The van der Waals surface area contributed by atoms with Crippen LogP contribution in [0.4, 0.5) is 0 Å². The smallest absolute Gasteiger partial charge is 0.306 e. The van der Waals surface area contributed by atoms with Crippen molar-refractivity contribution in [1.82, 2.24) is 0 Å². The average Bonchev–Trinajstić information content (AvgIpc) is 3.61. The Morgan fingerprint density at radius 3 is 0.944 bits per heavy atom. The molecule has 0 saturated carbocycles. The van der Waals surface area contributed by atoms with E-state index in [0.29, 0.717) is 17.4 Å². The predicted octanol–water partition coefficient (Wildman–Crippen LogP) is 24.4. The first-order valence-electron chi connectivity index (χ1n) is 37.9. The Kier molecular flexibility index (Phi) is 67.9. The van der Waals surface area contributed by atoms with Crippen molar-refractivity contribution >= 4 is 19.8 Å². The van der Waals surface area contributed by atoms with Crippen LogP contribution in [0.1, 0.15) is 348 Å². The average molecular weight is 1280 g/mol. The Morgan fingerprint density at radius 1 is 0.356 bits per heavy atom. The largest absolute Gasteiger partial charge is 0.756 e. The minimum atomic E-state index is -4.65. The summed E-state index contributed by atoms with van der Waals surface area (Å²) in [5.74, 6) is -0.826. The minimum absolute atomic E-state index is 0.0332. The molecule has 0 heterocycles. The number of allylic oxidation sites excluding steroid dienone is 16. The second-order valence-corrected chi connectivity index (χ2v) is 28.0. The van der Waals surface area contributed by atoms with E-state index < -0.39 is 26.5 Å². The van der Waals surface area contributed by atoms with Crippen LogP contribution in [0.15, 0.2) is 97.2 Å². The molecule has 0 aromatic rings. The van der Waals surface area contributed by atoms with Crippen LogP contribution in [-0.4, -0.2) is 70.0 Å². The Hall–Kier alpha value is -3.07. The Morgan fingerprint density at radius 2 is 0.633 bits per heavy atom. The fourth-order valence-corrected chi connectivity index (χ4v) is 11.5. The molecule has 10 heteroatoms. The van der Waals surface area contributed by atoms with Crippen molar-refractivity contribution in [1.29, 1.82) is 0 Å². The van der Waals surface area contributed by atoms with Gasteiger partial charge in [-0.25, -0.2) is 0 Å². The van der Waals surface area contributed by atoms with E-state index >= 15 is 0 Å². The second kappa shape index (κ2) is 70.3. The fraction of sp³-hybridized carbons (Fsp3) is 0.775. The molecule has 0 spiro atoms. The molecule has 0 amide bonds. The number of unbranched alkanes of at least 4 members (excludes halogenated alkanes) is 40. The van der Waals surface area contributed by atoms with Gasteiger partial charge in [-0.3, -0.25) is 14.2 Å². The summed E-state index contributed by atoms with van der Waals surface area (Å²) in [5.41, 5.74) is 0. The van der Waals surface area contributed by atoms with Crippen molar-refractivity contribution in [3.05, 3.63) is 97.2 Å². The lowest BCUT2D eigenvalue weighted by Crippen LogP contribution is -2.37. The van der Waals surface area contributed by atoms with Gasteiger partial charge in [0.2, 0.25) is 0 Å². The van der Waals surface area contributed by atoms with Gasteiger partial charge in [-0.15, -0.1) is 0 Å². The third kappa shape index (κ3) is 74.0. The number of ether oxygens (including phenoxy) is 2. The zero-order valence-electron chi connectivity index (χ0n) is 59.6. The van der Waals surface area contributed by atoms with Crippen molar-refractivity contribution < 1.29 is 42.1 Å². The highest BCUT2D eigenvalue weighted by molar-refractivity contribution is 7.45. The molecule has 0 radical (unpaired) electrons. The quantitative estimate of drug-likeness (QED) is 0.0195. The molecule has 522 valence electrons. The van der Waals surface area contributed by atoms with Crippen molar-refractivity contribution in [3.63, 3.8) is 0 Å². The number of likely N-dealkylation sites (N-methyl/N-ethyl adjacent to an activating group) is 1. The van der Waals surface area contributed by atoms with Gasteiger partial charge in [0.15, 0.2) is 6.10 Å². The monoisotopic (exact) mass is 1280 g/mol. The van der Waals surface area contributed by atoms with Gasteiger partial charge in [-0.05, 0) is 96.3 Å². The molecule has 0 aromatic heterocycles. The highest BCUT2D eigenvalue weighted by Crippen LogP contribution is 2.38. The summed E-state index contributed by atoms with van der Waals surface area (Å²) in [5, 5.41) is 0. The van der Waals surface area contributed by atoms with Crippen LogP contribution in [0.3, 0.4) is 0 Å². The van der Waals surface area contributed by atoms with E-state index in [0.717, 1.165) is 89.9 Å². The molecule has 2 unspecified atom stereocenters. The summed E-state index contributed by atoms with van der Waals surface area (Å²) in [6.45, 7) is 4.15. The number of esters is 2. The maximum atomic E-state index is 12.9. The molecule has 0 fully saturated rings. The molecule has 0 aliphatic rings. The normalized spacial score (nSPS) is 13.6. The first-order chi connectivity index (χ1) is 44.0. The topological polar surface area (TPSA) is 111 Å². The molecular weight excluding hydrogens is 1130 g/mol. The fourth-order valence-electron chi connectivity index (χ4n) is 10.8. The van der Waals surface area contributed by atoms with Gasteiger partial charge < -0.3 is 27.9 Å². The number of phosphoric ester groups is 1. The van der Waals surface area contributed by atoms with Gasteiger partial charge in [-0.1, -0.05) is 336 Å². The third-order valence-corrected chi connectivity index (χ3v) is 17.6. The van der Waals surface area contributed by atoms with E-state index in [1.54, 1.807) is 0 Å². The molecule has 2 atom stereocenters. The van der Waals surface area contributed by atoms with E-state index in [2.05, 4.69) is 111 Å². The van der Waals surface area contributed by atoms with E-state index in [-0.39, 0.29) is 32.0 Å². The van der Waals surface area contributed by atoms with Crippen LogP contribution in [0.25, 0.3) is 0 Å². The van der Waals surface area contributed by atoms with Crippen molar-refractivity contribution in [2.75, 3.05) is 47.5 Å². The highest BCUT2D eigenvalue weighted by atomic mass is 31.2. The number of hydrogen-bond donors (Lipinski definition) is 0. The molecule has 0 rings (SSSR count). The summed E-state index contributed by atoms with van der Waals surface area (Å²) < 4.78 is 34.4. The number of rotatable bonds is 70. The van der Waals surface area contributed by atoms with Gasteiger partial charge in [0.05, 0.1) is 27.7 Å². The maximum absolute atomic E-state index is 12.9. The zero-order chi connectivity index (χ0) is 65.5. The lowest BCUT2D eigenvalue weighted by atomic mass is 10.0. The summed E-state index contributed by atoms with van der Waals surface area (Å²) in [7, 11) is 1.17. The molecule has 0 N–H and O–H groups in total. The number of nitrogens with zero attached hydrogens (tertiary/aromatic N) is 1. The van der Waals surface area contributed by atoms with Gasteiger partial charge >= 0.3 is 11.9 Å². The zero-order valence-corrected chi connectivity index (χ0v) is 60.5. The van der Waals surface area contributed by atoms with Crippen LogP contribution in [-0.2, 0) is 32.7 Å². The summed E-state index contributed by atoms with van der Waals surface area (Å²) in [6, 6.07) is 0. The standard InChI is InChI=1S/C80H144NO8P/c1-6-8-10-12-14-16-18-20-22-24-26-28-30-32-34-35-36-37-38-39-40-41-42-43-44-45-47-48-50-52-54-56-58-60-62-64-66-68-70-72-79(82)86-76-78(77-88-90(84,85)87-75-74-81(3,4)5)89-80(83)73-71-69-67-65-63-61-59-57-55-53-51-49-46-33-31-29-27-25-23-21-19-17-15-13-11-9-7-2/h9,11,15,17-18,20-21,23-24,26-27,29-30,32-33,46,78H,6-8,10,12-14,16,19,22,25,28,31,34-45,47-77H2,1-5H3/b11-9-,17-15-,20-18-,23-21-,26-24-,29-27-,32-30-,46-33-. The van der Waals surface area contributed by atoms with Crippen molar-refractivity contribution in [2.24, 2.45) is 0 Å². The lowest BCUT2D eigenvalue weighted by Gasteiger charge is -2.28. The molecule has 0 aromatic carbocycles. The molecule has 0 bridgehead atoms. The number of quaternary nitrogens is 1. The first kappa shape index (κ1) is 86.9. The summed E-state index contributed by atoms with van der Waals surface area (Å²) in [4.78, 5) is 38.1. The van der Waals surface area contributed by atoms with E-state index in [1.807, 2.05) is 21.1 Å². The second-order valence-electron chi connectivity index (χ2n) is 26.6. The first-order valence-corrected chi connectivity index (χ1v) is 39.4. The molecular formula is C80H144NO8P. The maximum Gasteiger partial charge on any atom is 0.306 e. The lowest BCUT2D eigenvalue weighted by molar-refractivity contribution is -0.870. The van der Waals surface area contributed by atoms with Crippen LogP contribution in [0, 0.1) is 0 Å². The summed E-state index contributed by atoms with van der Waals surface area (Å²) in [6.07, 6.45) is 98.0. The van der Waals surface area contributed by atoms with Gasteiger partial charge in [-0.2, -0.15) is 0 Å². The molecule has 0 aliphatic carbocycles. The SMILES string of the molecule is CC/C=C\C/C=C\C/C=C\C/C=C\C/C=C\CCCCCCCCCCCCCC(=O)OC(COC(=O)CCCCCCCCCCCCCCCCCCCCCCCCCC/C=C\C/C=C\C/C=C\CCCCCCC)COP(=O)([O-])OCC[N+](C)(C)C. The number of hydrogen-bond acceptors (Lipinski definition) is 8. The number of phosphoric acid groups is 1. The molecule has 9 nitrogen and oxygen atoms in total. The third-order valence-electron chi connectivity index (χ3n) is 16.6. The number of carbonyl (C=O) groups excluding carboxylic acids is 2. The Bertz CT molecular complexity index is 1840. The predicted molar refractivity (Wildman–Crippen MR) is 388 cm³/mol. The Balaban J connectivity index is 3.95. The highest BCUT2D eigenvalue weighted by Gasteiger charge is 2.22.